The molecule has 1 aromatic heterocycles. The van der Waals surface area contributed by atoms with Crippen molar-refractivity contribution in [3.8, 4) is 0 Å². The van der Waals surface area contributed by atoms with Crippen LogP contribution in [0.3, 0.4) is 0 Å². The van der Waals surface area contributed by atoms with Crippen LogP contribution in [0.2, 0.25) is 0 Å². The molecule has 1 aliphatic rings. The van der Waals surface area contributed by atoms with Gasteiger partial charge in [-0.05, 0) is 37.3 Å². The largest absolute Gasteiger partial charge is 0.352 e. The highest BCUT2D eigenvalue weighted by Gasteiger charge is 2.18. The molecule has 0 radical (unpaired) electrons. The first-order valence-electron chi connectivity index (χ1n) is 8.90. The summed E-state index contributed by atoms with van der Waals surface area (Å²) in [5, 5.41) is 4.29. The first-order chi connectivity index (χ1) is 11.1. The second-order valence-electron chi connectivity index (χ2n) is 7.20. The van der Waals surface area contributed by atoms with E-state index < -0.39 is 0 Å². The Morgan fingerprint density at radius 3 is 2.65 bits per heavy atom. The van der Waals surface area contributed by atoms with Gasteiger partial charge >= 0.3 is 0 Å². The van der Waals surface area contributed by atoms with Crippen LogP contribution in [-0.4, -0.2) is 24.9 Å². The zero-order valence-corrected chi connectivity index (χ0v) is 14.6. The summed E-state index contributed by atoms with van der Waals surface area (Å²) in [6.07, 6.45) is 9.82. The minimum Gasteiger partial charge on any atom is -0.352 e. The molecule has 1 fully saturated rings. The van der Waals surface area contributed by atoms with Crippen molar-refractivity contribution in [1.82, 2.24) is 9.88 Å². The third kappa shape index (κ3) is 3.46. The molecule has 4 heteroatoms. The summed E-state index contributed by atoms with van der Waals surface area (Å²) >= 11 is 0. The Kier molecular flexibility index (Phi) is 4.79. The molecule has 2 aromatic rings. The average molecular weight is 310 g/mol. The van der Waals surface area contributed by atoms with Gasteiger partial charge in [0.2, 0.25) is 0 Å². The lowest BCUT2D eigenvalue weighted by Gasteiger charge is -2.14. The number of benzene rings is 1. The molecule has 0 atom stereocenters. The zero-order chi connectivity index (χ0) is 16.4. The molecule has 1 saturated carbocycles. The van der Waals surface area contributed by atoms with Crippen molar-refractivity contribution >= 4 is 30.1 Å². The number of nitrogens with one attached hydrogen (secondary N) is 1. The maximum absolute atomic E-state index is 12.7. The van der Waals surface area contributed by atoms with Gasteiger partial charge < -0.3 is 9.88 Å². The van der Waals surface area contributed by atoms with Crippen molar-refractivity contribution in [3.63, 3.8) is 0 Å². The van der Waals surface area contributed by atoms with Crippen molar-refractivity contribution in [1.29, 1.82) is 0 Å². The minimum atomic E-state index is 0.0757. The third-order valence-corrected chi connectivity index (χ3v) is 5.20. The van der Waals surface area contributed by atoms with Crippen LogP contribution < -0.4 is 10.8 Å². The molecule has 1 amide bonds. The second-order valence-corrected chi connectivity index (χ2v) is 7.20. The quantitative estimate of drug-likeness (QED) is 0.686. The van der Waals surface area contributed by atoms with Crippen LogP contribution >= 0.6 is 0 Å². The van der Waals surface area contributed by atoms with Gasteiger partial charge in [-0.25, -0.2) is 0 Å². The molecule has 1 aromatic carbocycles. The molecule has 0 spiro atoms. The lowest BCUT2D eigenvalue weighted by atomic mass is 9.92. The first kappa shape index (κ1) is 16.2. The van der Waals surface area contributed by atoms with Gasteiger partial charge in [-0.1, -0.05) is 37.2 Å². The molecule has 3 nitrogen and oxygen atoms in total. The summed E-state index contributed by atoms with van der Waals surface area (Å²) in [7, 11) is 4.12. The number of amides is 1. The van der Waals surface area contributed by atoms with Crippen molar-refractivity contribution in [2.75, 3.05) is 6.54 Å². The maximum atomic E-state index is 12.7. The normalized spacial score (nSPS) is 16.4. The fourth-order valence-electron chi connectivity index (χ4n) is 3.97. The molecule has 23 heavy (non-hydrogen) atoms. The number of carbonyl (C=O) groups is 1. The number of rotatable bonds is 3. The number of fused-ring (bicyclic) bond motifs is 1. The third-order valence-electron chi connectivity index (χ3n) is 5.20. The van der Waals surface area contributed by atoms with Gasteiger partial charge in [0.15, 0.2) is 0 Å². The Morgan fingerprint density at radius 1 is 1.26 bits per heavy atom. The van der Waals surface area contributed by atoms with E-state index in [1.165, 1.54) is 49.6 Å². The van der Waals surface area contributed by atoms with Crippen molar-refractivity contribution in [3.05, 3.63) is 29.5 Å². The second kappa shape index (κ2) is 6.82. The molecule has 0 unspecified atom stereocenters. The van der Waals surface area contributed by atoms with E-state index in [-0.39, 0.29) is 5.91 Å². The van der Waals surface area contributed by atoms with E-state index in [1.54, 1.807) is 0 Å². The van der Waals surface area contributed by atoms with Crippen molar-refractivity contribution in [2.24, 2.45) is 13.0 Å². The van der Waals surface area contributed by atoms with Crippen LogP contribution in [-0.2, 0) is 7.05 Å². The van der Waals surface area contributed by atoms with Crippen molar-refractivity contribution < 1.29 is 4.79 Å². The van der Waals surface area contributed by atoms with Crippen LogP contribution in [0.5, 0.6) is 0 Å². The summed E-state index contributed by atoms with van der Waals surface area (Å²) in [5.41, 5.74) is 4.37. The Bertz CT molecular complexity index is 712. The van der Waals surface area contributed by atoms with Crippen LogP contribution in [0.4, 0.5) is 0 Å². The fourth-order valence-corrected chi connectivity index (χ4v) is 3.97. The highest BCUT2D eigenvalue weighted by Crippen LogP contribution is 2.25. The van der Waals surface area contributed by atoms with E-state index >= 15 is 0 Å². The summed E-state index contributed by atoms with van der Waals surface area (Å²) < 4.78 is 2.07. The minimum absolute atomic E-state index is 0.0757. The van der Waals surface area contributed by atoms with Crippen LogP contribution in [0.15, 0.2) is 18.3 Å². The van der Waals surface area contributed by atoms with E-state index in [4.69, 9.17) is 0 Å². The molecule has 0 aliphatic heterocycles. The van der Waals surface area contributed by atoms with Gasteiger partial charge in [0, 0.05) is 30.7 Å². The maximum Gasteiger partial charge on any atom is 0.253 e. The highest BCUT2D eigenvalue weighted by molar-refractivity contribution is 6.33. The van der Waals surface area contributed by atoms with Crippen LogP contribution in [0.1, 0.15) is 54.4 Å². The summed E-state index contributed by atoms with van der Waals surface area (Å²) in [4.78, 5) is 12.7. The number of aromatic nitrogens is 1. The Balaban J connectivity index is 1.78. The van der Waals surface area contributed by atoms with Gasteiger partial charge in [-0.15, -0.1) is 0 Å². The molecule has 3 rings (SSSR count). The molecule has 1 heterocycles. The number of nitrogens with zero attached hydrogens (tertiary/aromatic N) is 1. The summed E-state index contributed by atoms with van der Waals surface area (Å²) in [5.74, 6) is 0.728. The number of hydrogen-bond donors (Lipinski definition) is 1. The predicted octanol–water partition coefficient (Wildman–Crippen LogP) is 2.45. The highest BCUT2D eigenvalue weighted by atomic mass is 16.1. The lowest BCUT2D eigenvalue weighted by molar-refractivity contribution is 0.0947. The lowest BCUT2D eigenvalue weighted by Crippen LogP contribution is -2.29. The van der Waals surface area contributed by atoms with Crippen LogP contribution in [0.25, 0.3) is 10.9 Å². The summed E-state index contributed by atoms with van der Waals surface area (Å²) in [6.45, 7) is 2.91. The fraction of sp³-hybridized carbons (Fsp3) is 0.526. The van der Waals surface area contributed by atoms with Gasteiger partial charge in [0.25, 0.3) is 5.91 Å². The SMILES string of the molecule is Bc1cc(C)c2c(C(=O)NCC3CCCCCC3)cn(C)c2c1. The predicted molar refractivity (Wildman–Crippen MR) is 99.4 cm³/mol. The van der Waals surface area contributed by atoms with Crippen LogP contribution in [0, 0.1) is 12.8 Å². The smallest absolute Gasteiger partial charge is 0.253 e. The molecule has 1 aliphatic carbocycles. The molecule has 1 N–H and O–H groups in total. The van der Waals surface area contributed by atoms with E-state index in [9.17, 15) is 4.79 Å². The molecular weight excluding hydrogens is 283 g/mol. The Labute approximate surface area is 139 Å². The molecular formula is C19H27BN2O. The topological polar surface area (TPSA) is 34.0 Å². The number of aryl methyl sites for hydroxylation is 2. The van der Waals surface area contributed by atoms with Gasteiger partial charge in [0.05, 0.1) is 5.56 Å². The number of hydrogen-bond acceptors (Lipinski definition) is 1. The molecule has 0 saturated heterocycles. The molecule has 122 valence electrons. The monoisotopic (exact) mass is 310 g/mol. The van der Waals surface area contributed by atoms with Crippen molar-refractivity contribution in [2.45, 2.75) is 45.4 Å². The number of carbonyl (C=O) groups excluding carboxylic acids is 1. The van der Waals surface area contributed by atoms with E-state index in [0.717, 1.165) is 23.0 Å². The molecule has 0 bridgehead atoms. The van der Waals surface area contributed by atoms with E-state index in [2.05, 4.69) is 36.8 Å². The first-order valence-corrected chi connectivity index (χ1v) is 8.90. The van der Waals surface area contributed by atoms with Gasteiger partial charge in [0.1, 0.15) is 7.85 Å². The Hall–Kier alpha value is -1.71. The van der Waals surface area contributed by atoms with E-state index in [1.807, 2.05) is 13.2 Å². The zero-order valence-electron chi connectivity index (χ0n) is 14.6. The average Bonchev–Trinajstić information content (AvgIpc) is 2.71. The standard InChI is InChI=1S/C19H27BN2O/c1-13-9-15(20)10-17-18(13)16(12-22(17)2)19(23)21-11-14-7-5-3-4-6-8-14/h9-10,12,14H,3-8,11,20H2,1-2H3,(H,21,23). The Morgan fingerprint density at radius 2 is 1.96 bits per heavy atom. The van der Waals surface area contributed by atoms with Gasteiger partial charge in [-0.2, -0.15) is 0 Å². The van der Waals surface area contributed by atoms with Gasteiger partial charge in [-0.3, -0.25) is 4.79 Å². The summed E-state index contributed by atoms with van der Waals surface area (Å²) in [6, 6.07) is 4.31. The van der Waals surface area contributed by atoms with E-state index in [0.29, 0.717) is 5.92 Å².